The van der Waals surface area contributed by atoms with E-state index in [2.05, 4.69) is 9.98 Å². The van der Waals surface area contributed by atoms with Crippen molar-refractivity contribution in [1.29, 1.82) is 0 Å². The van der Waals surface area contributed by atoms with Crippen LogP contribution in [0.25, 0.3) is 0 Å². The average Bonchev–Trinajstić information content (AvgIpc) is 2.99. The number of benzene rings is 1. The Hall–Kier alpha value is -3.02. The lowest BCUT2D eigenvalue weighted by Crippen LogP contribution is -1.98. The van der Waals surface area contributed by atoms with Gasteiger partial charge in [0, 0.05) is 24.3 Å². The first kappa shape index (κ1) is 12.0. The standard InChI is InChI=1S/C14H8N2O4/c17-13-6-4-11(19-13)15-9-2-1-3-10(8-9)16-12-5-7-14(18)20-12/h1-8H. The van der Waals surface area contributed by atoms with E-state index in [1.807, 2.05) is 0 Å². The zero-order chi connectivity index (χ0) is 13.9. The van der Waals surface area contributed by atoms with Gasteiger partial charge in [0.1, 0.15) is 0 Å². The summed E-state index contributed by atoms with van der Waals surface area (Å²) in [5.74, 6) is -0.426. The molecule has 0 amide bonds. The SMILES string of the molecule is O=C1C=CC(=Nc2cccc(N=C3C=CC(=O)O3)c2)O1. The van der Waals surface area contributed by atoms with Crippen LogP contribution in [-0.2, 0) is 19.1 Å². The fourth-order valence-corrected chi connectivity index (χ4v) is 1.63. The molecule has 0 spiro atoms. The Morgan fingerprint density at radius 2 is 1.25 bits per heavy atom. The van der Waals surface area contributed by atoms with Gasteiger partial charge in [0.15, 0.2) is 0 Å². The Kier molecular flexibility index (Phi) is 2.96. The van der Waals surface area contributed by atoms with E-state index in [1.54, 1.807) is 24.3 Å². The van der Waals surface area contributed by atoms with Crippen molar-refractivity contribution in [3.8, 4) is 0 Å². The molecule has 0 aliphatic carbocycles. The molecule has 6 nitrogen and oxygen atoms in total. The molecule has 3 rings (SSSR count). The zero-order valence-electron chi connectivity index (χ0n) is 10.1. The van der Waals surface area contributed by atoms with Crippen molar-refractivity contribution >= 4 is 35.1 Å². The fraction of sp³-hybridized carbons (Fsp3) is 0. The van der Waals surface area contributed by atoms with E-state index < -0.39 is 11.9 Å². The van der Waals surface area contributed by atoms with Gasteiger partial charge in [0.25, 0.3) is 0 Å². The largest absolute Gasteiger partial charge is 0.404 e. The van der Waals surface area contributed by atoms with E-state index in [9.17, 15) is 9.59 Å². The third kappa shape index (κ3) is 2.69. The third-order valence-corrected chi connectivity index (χ3v) is 2.44. The molecule has 0 aromatic heterocycles. The molecule has 0 bridgehead atoms. The second kappa shape index (κ2) is 4.93. The molecule has 0 fully saturated rings. The van der Waals surface area contributed by atoms with Crippen molar-refractivity contribution in [3.05, 3.63) is 48.6 Å². The Morgan fingerprint density at radius 3 is 1.65 bits per heavy atom. The highest BCUT2D eigenvalue weighted by atomic mass is 16.5. The predicted molar refractivity (Wildman–Crippen MR) is 71.1 cm³/mol. The minimum atomic E-state index is -0.442. The summed E-state index contributed by atoms with van der Waals surface area (Å²) in [7, 11) is 0. The van der Waals surface area contributed by atoms with Gasteiger partial charge in [0.05, 0.1) is 11.4 Å². The Balaban J connectivity index is 1.84. The van der Waals surface area contributed by atoms with E-state index in [0.29, 0.717) is 11.4 Å². The van der Waals surface area contributed by atoms with Crippen LogP contribution in [0.15, 0.2) is 58.6 Å². The van der Waals surface area contributed by atoms with Gasteiger partial charge in [-0.1, -0.05) is 6.07 Å². The van der Waals surface area contributed by atoms with Crippen molar-refractivity contribution in [1.82, 2.24) is 0 Å². The second-order valence-corrected chi connectivity index (χ2v) is 3.93. The van der Waals surface area contributed by atoms with Crippen LogP contribution in [-0.4, -0.2) is 23.7 Å². The number of hydrogen-bond donors (Lipinski definition) is 0. The molecule has 0 radical (unpaired) electrons. The van der Waals surface area contributed by atoms with Crippen molar-refractivity contribution in [2.45, 2.75) is 0 Å². The molecule has 0 atom stereocenters. The molecule has 1 aromatic rings. The third-order valence-electron chi connectivity index (χ3n) is 2.44. The van der Waals surface area contributed by atoms with Crippen LogP contribution < -0.4 is 0 Å². The van der Waals surface area contributed by atoms with Crippen LogP contribution in [0.2, 0.25) is 0 Å². The van der Waals surface area contributed by atoms with Crippen LogP contribution in [0.4, 0.5) is 11.4 Å². The van der Waals surface area contributed by atoms with Crippen LogP contribution in [0.1, 0.15) is 0 Å². The number of nitrogens with zero attached hydrogens (tertiary/aromatic N) is 2. The summed E-state index contributed by atoms with van der Waals surface area (Å²) in [6.07, 6.45) is 5.57. The molecule has 0 saturated heterocycles. The first-order valence-electron chi connectivity index (χ1n) is 5.76. The number of aliphatic imine (C=N–C) groups is 2. The number of esters is 2. The Bertz CT molecular complexity index is 656. The highest BCUT2D eigenvalue weighted by Crippen LogP contribution is 2.22. The first-order chi connectivity index (χ1) is 9.69. The molecule has 6 heteroatoms. The minimum Gasteiger partial charge on any atom is -0.404 e. The van der Waals surface area contributed by atoms with E-state index in [-0.39, 0.29) is 11.8 Å². The van der Waals surface area contributed by atoms with Gasteiger partial charge in [-0.25, -0.2) is 19.6 Å². The average molecular weight is 268 g/mol. The van der Waals surface area contributed by atoms with Gasteiger partial charge < -0.3 is 9.47 Å². The lowest BCUT2D eigenvalue weighted by Gasteiger charge is -1.99. The molecule has 2 heterocycles. The quantitative estimate of drug-likeness (QED) is 0.768. The number of ether oxygens (including phenoxy) is 2. The molecule has 2 aliphatic heterocycles. The van der Waals surface area contributed by atoms with Crippen molar-refractivity contribution in [2.75, 3.05) is 0 Å². The molecular formula is C14H8N2O4. The maximum Gasteiger partial charge on any atom is 0.337 e. The summed E-state index contributed by atoms with van der Waals surface area (Å²) < 4.78 is 9.67. The topological polar surface area (TPSA) is 77.3 Å². The maximum atomic E-state index is 10.9. The lowest BCUT2D eigenvalue weighted by atomic mass is 10.3. The van der Waals surface area contributed by atoms with Gasteiger partial charge in [0.2, 0.25) is 11.8 Å². The van der Waals surface area contributed by atoms with E-state index in [1.165, 1.54) is 24.3 Å². The molecule has 98 valence electrons. The van der Waals surface area contributed by atoms with Gasteiger partial charge >= 0.3 is 11.9 Å². The van der Waals surface area contributed by atoms with Crippen LogP contribution in [0.5, 0.6) is 0 Å². The molecule has 1 aromatic carbocycles. The van der Waals surface area contributed by atoms with E-state index in [4.69, 9.17) is 9.47 Å². The maximum absolute atomic E-state index is 10.9. The number of carbonyl (C=O) groups excluding carboxylic acids is 2. The van der Waals surface area contributed by atoms with Gasteiger partial charge in [-0.15, -0.1) is 0 Å². The van der Waals surface area contributed by atoms with Gasteiger partial charge in [-0.05, 0) is 18.2 Å². The molecule has 0 saturated carbocycles. The van der Waals surface area contributed by atoms with E-state index >= 15 is 0 Å². The minimum absolute atomic E-state index is 0.229. The van der Waals surface area contributed by atoms with Gasteiger partial charge in [-0.3, -0.25) is 0 Å². The number of hydrogen-bond acceptors (Lipinski definition) is 6. The molecule has 0 unspecified atom stereocenters. The van der Waals surface area contributed by atoms with Crippen LogP contribution in [0, 0.1) is 0 Å². The molecule has 0 N–H and O–H groups in total. The van der Waals surface area contributed by atoms with Gasteiger partial charge in [-0.2, -0.15) is 0 Å². The second-order valence-electron chi connectivity index (χ2n) is 3.93. The summed E-state index contributed by atoms with van der Waals surface area (Å²) in [6.45, 7) is 0. The normalized spacial score (nSPS) is 20.8. The van der Waals surface area contributed by atoms with Crippen LogP contribution in [0.3, 0.4) is 0 Å². The summed E-state index contributed by atoms with van der Waals surface area (Å²) in [4.78, 5) is 30.1. The lowest BCUT2D eigenvalue weighted by molar-refractivity contribution is -0.130. The van der Waals surface area contributed by atoms with Crippen molar-refractivity contribution in [3.63, 3.8) is 0 Å². The Labute approximate surface area is 113 Å². The summed E-state index contributed by atoms with van der Waals surface area (Å²) in [5.41, 5.74) is 1.16. The van der Waals surface area contributed by atoms with E-state index in [0.717, 1.165) is 0 Å². The smallest absolute Gasteiger partial charge is 0.337 e. The van der Waals surface area contributed by atoms with Crippen molar-refractivity contribution in [2.24, 2.45) is 9.98 Å². The molecule has 2 aliphatic rings. The molecular weight excluding hydrogens is 260 g/mol. The highest BCUT2D eigenvalue weighted by Gasteiger charge is 2.12. The number of cyclic esters (lactones) is 2. The monoisotopic (exact) mass is 268 g/mol. The summed E-state index contributed by atoms with van der Waals surface area (Å²) in [5, 5.41) is 0. The number of carbonyl (C=O) groups is 2. The van der Waals surface area contributed by atoms with Crippen LogP contribution >= 0.6 is 0 Å². The fourth-order valence-electron chi connectivity index (χ4n) is 1.63. The van der Waals surface area contributed by atoms with Crippen molar-refractivity contribution < 1.29 is 19.1 Å². The highest BCUT2D eigenvalue weighted by molar-refractivity contribution is 6.09. The predicted octanol–water partition coefficient (Wildman–Crippen LogP) is 1.97. The number of rotatable bonds is 2. The first-order valence-corrected chi connectivity index (χ1v) is 5.76. The molecule has 20 heavy (non-hydrogen) atoms. The summed E-state index contributed by atoms with van der Waals surface area (Å²) in [6, 6.07) is 6.92. The Morgan fingerprint density at radius 1 is 0.750 bits per heavy atom. The summed E-state index contributed by atoms with van der Waals surface area (Å²) >= 11 is 0. The zero-order valence-corrected chi connectivity index (χ0v) is 10.1.